The van der Waals surface area contributed by atoms with E-state index in [-0.39, 0.29) is 11.3 Å². The van der Waals surface area contributed by atoms with Gasteiger partial charge in [-0.2, -0.15) is 30.9 Å². The van der Waals surface area contributed by atoms with Crippen LogP contribution in [0.4, 0.5) is 13.2 Å². The van der Waals surface area contributed by atoms with E-state index in [2.05, 4.69) is 17.7 Å². The number of aromatic nitrogens is 2. The van der Waals surface area contributed by atoms with Gasteiger partial charge in [0, 0.05) is 11.3 Å². The minimum Gasteiger partial charge on any atom is -0.273 e. The maximum Gasteiger partial charge on any atom is 0.433 e. The number of nitrogens with zero attached hydrogens (tertiary/aromatic N) is 1. The van der Waals surface area contributed by atoms with Crippen molar-refractivity contribution in [1.29, 1.82) is 0 Å². The van der Waals surface area contributed by atoms with E-state index in [4.69, 9.17) is 0 Å². The molecular weight excluding hydrogens is 177 g/mol. The number of H-pyrrole nitrogens is 1. The van der Waals surface area contributed by atoms with E-state index < -0.39 is 11.9 Å². The second-order valence-electron chi connectivity index (χ2n) is 1.93. The Bertz CT molecular complexity index is 242. The summed E-state index contributed by atoms with van der Waals surface area (Å²) in [6.45, 7) is 0. The van der Waals surface area contributed by atoms with Crippen LogP contribution in [0.2, 0.25) is 0 Å². The highest BCUT2D eigenvalue weighted by Crippen LogP contribution is 2.30. The third kappa shape index (κ3) is 1.68. The molecule has 62 valence electrons. The Kier molecular flexibility index (Phi) is 2.12. The van der Waals surface area contributed by atoms with Gasteiger partial charge in [-0.25, -0.2) is 0 Å². The van der Waals surface area contributed by atoms with Crippen molar-refractivity contribution in [3.8, 4) is 0 Å². The van der Waals surface area contributed by atoms with Gasteiger partial charge in [0.25, 0.3) is 0 Å². The summed E-state index contributed by atoms with van der Waals surface area (Å²) in [7, 11) is 0. The van der Waals surface area contributed by atoms with Crippen molar-refractivity contribution in [3.63, 3.8) is 0 Å². The van der Waals surface area contributed by atoms with Crippen molar-refractivity contribution in [2.75, 3.05) is 0 Å². The number of nitrogens with one attached hydrogen (secondary N) is 1. The van der Waals surface area contributed by atoms with Crippen LogP contribution in [0.15, 0.2) is 6.20 Å². The van der Waals surface area contributed by atoms with Crippen LogP contribution in [-0.4, -0.2) is 10.2 Å². The summed E-state index contributed by atoms with van der Waals surface area (Å²) in [4.78, 5) is 0. The molecule has 0 aliphatic heterocycles. The summed E-state index contributed by atoms with van der Waals surface area (Å²) < 4.78 is 35.9. The lowest BCUT2D eigenvalue weighted by Gasteiger charge is -2.03. The molecule has 1 aromatic heterocycles. The van der Waals surface area contributed by atoms with Crippen LogP contribution in [0, 0.1) is 0 Å². The molecule has 0 spiro atoms. The van der Waals surface area contributed by atoms with Gasteiger partial charge in [-0.3, -0.25) is 5.10 Å². The van der Waals surface area contributed by atoms with Crippen molar-refractivity contribution < 1.29 is 13.2 Å². The Morgan fingerprint density at radius 1 is 1.55 bits per heavy atom. The van der Waals surface area contributed by atoms with Crippen LogP contribution in [0.1, 0.15) is 11.3 Å². The zero-order valence-electron chi connectivity index (χ0n) is 5.31. The van der Waals surface area contributed by atoms with Gasteiger partial charge in [0.2, 0.25) is 0 Å². The van der Waals surface area contributed by atoms with E-state index in [0.29, 0.717) is 0 Å². The maximum absolute atomic E-state index is 12.0. The minimum atomic E-state index is -4.35. The first-order valence-electron chi connectivity index (χ1n) is 2.76. The molecule has 0 atom stereocenters. The van der Waals surface area contributed by atoms with Crippen LogP contribution in [0.3, 0.4) is 0 Å². The Hall–Kier alpha value is -0.650. The smallest absolute Gasteiger partial charge is 0.273 e. The molecule has 6 heteroatoms. The van der Waals surface area contributed by atoms with Gasteiger partial charge in [-0.15, -0.1) is 0 Å². The summed E-state index contributed by atoms with van der Waals surface area (Å²) in [5.74, 6) is 0.0331. The fourth-order valence-electron chi connectivity index (χ4n) is 0.676. The van der Waals surface area contributed by atoms with Crippen LogP contribution >= 0.6 is 12.6 Å². The normalized spacial score (nSPS) is 12.0. The van der Waals surface area contributed by atoms with Gasteiger partial charge >= 0.3 is 6.18 Å². The molecule has 0 aliphatic carbocycles. The molecule has 0 bridgehead atoms. The SMILES string of the molecule is FC(F)(F)c1[nH]ncc1CS. The average molecular weight is 182 g/mol. The summed E-state index contributed by atoms with van der Waals surface area (Å²) in [6, 6.07) is 0. The molecule has 0 aromatic carbocycles. The van der Waals surface area contributed by atoms with Crippen molar-refractivity contribution in [1.82, 2.24) is 10.2 Å². The minimum absolute atomic E-state index is 0.0331. The van der Waals surface area contributed by atoms with Crippen molar-refractivity contribution in [3.05, 3.63) is 17.5 Å². The molecule has 2 nitrogen and oxygen atoms in total. The standard InChI is InChI=1S/C5H5F3N2S/c6-5(7,8)4-3(2-11)1-9-10-4/h1,11H,2H2,(H,9,10). The van der Waals surface area contributed by atoms with Crippen LogP contribution in [0.25, 0.3) is 0 Å². The summed E-state index contributed by atoms with van der Waals surface area (Å²) in [5.41, 5.74) is -0.742. The largest absolute Gasteiger partial charge is 0.433 e. The van der Waals surface area contributed by atoms with Crippen LogP contribution < -0.4 is 0 Å². The number of alkyl halides is 3. The van der Waals surface area contributed by atoms with Gasteiger partial charge in [0.1, 0.15) is 5.69 Å². The number of aromatic amines is 1. The Morgan fingerprint density at radius 3 is 2.55 bits per heavy atom. The number of hydrogen-bond acceptors (Lipinski definition) is 2. The molecule has 0 aliphatic rings. The van der Waals surface area contributed by atoms with E-state index in [1.165, 1.54) is 0 Å². The predicted octanol–water partition coefficient (Wildman–Crippen LogP) is 1.86. The Balaban J connectivity index is 3.02. The zero-order chi connectivity index (χ0) is 8.48. The fraction of sp³-hybridized carbons (Fsp3) is 0.400. The fourth-order valence-corrected chi connectivity index (χ4v) is 0.916. The van der Waals surface area contributed by atoms with Crippen molar-refractivity contribution in [2.45, 2.75) is 11.9 Å². The molecule has 0 saturated heterocycles. The van der Waals surface area contributed by atoms with Crippen molar-refractivity contribution >= 4 is 12.6 Å². The zero-order valence-corrected chi connectivity index (χ0v) is 6.21. The van der Waals surface area contributed by atoms with E-state index in [1.807, 2.05) is 5.10 Å². The highest BCUT2D eigenvalue weighted by atomic mass is 32.1. The van der Waals surface area contributed by atoms with Gasteiger partial charge < -0.3 is 0 Å². The monoisotopic (exact) mass is 182 g/mol. The third-order valence-electron chi connectivity index (χ3n) is 1.17. The summed E-state index contributed by atoms with van der Waals surface area (Å²) in [6.07, 6.45) is -3.23. The molecule has 0 unspecified atom stereocenters. The topological polar surface area (TPSA) is 28.7 Å². The van der Waals surface area contributed by atoms with Crippen LogP contribution in [-0.2, 0) is 11.9 Å². The Labute approximate surface area is 66.2 Å². The molecule has 1 N–H and O–H groups in total. The maximum atomic E-state index is 12.0. The van der Waals surface area contributed by atoms with E-state index in [0.717, 1.165) is 6.20 Å². The van der Waals surface area contributed by atoms with E-state index >= 15 is 0 Å². The number of hydrogen-bond donors (Lipinski definition) is 2. The molecule has 1 aromatic rings. The average Bonchev–Trinajstić information content (AvgIpc) is 2.31. The molecule has 1 rings (SSSR count). The quantitative estimate of drug-likeness (QED) is 0.637. The first kappa shape index (κ1) is 8.45. The van der Waals surface area contributed by atoms with Gasteiger partial charge in [-0.05, 0) is 0 Å². The van der Waals surface area contributed by atoms with E-state index in [9.17, 15) is 13.2 Å². The highest BCUT2D eigenvalue weighted by Gasteiger charge is 2.34. The third-order valence-corrected chi connectivity index (χ3v) is 1.51. The van der Waals surface area contributed by atoms with Gasteiger partial charge in [0.05, 0.1) is 6.20 Å². The lowest BCUT2D eigenvalue weighted by atomic mass is 10.3. The molecule has 1 heterocycles. The highest BCUT2D eigenvalue weighted by molar-refractivity contribution is 7.79. The van der Waals surface area contributed by atoms with Gasteiger partial charge in [-0.1, -0.05) is 0 Å². The molecule has 0 radical (unpaired) electrons. The lowest BCUT2D eigenvalue weighted by molar-refractivity contribution is -0.141. The number of halogens is 3. The molecule has 0 saturated carbocycles. The number of thiol groups is 1. The first-order valence-corrected chi connectivity index (χ1v) is 3.39. The van der Waals surface area contributed by atoms with E-state index in [1.54, 1.807) is 0 Å². The summed E-state index contributed by atoms with van der Waals surface area (Å²) in [5, 5.41) is 5.14. The molecular formula is C5H5F3N2S. The first-order chi connectivity index (χ1) is 5.05. The molecule has 0 fully saturated rings. The lowest BCUT2D eigenvalue weighted by Crippen LogP contribution is -2.07. The second kappa shape index (κ2) is 2.77. The molecule has 0 amide bonds. The predicted molar refractivity (Wildman–Crippen MR) is 36.3 cm³/mol. The van der Waals surface area contributed by atoms with Crippen molar-refractivity contribution in [2.24, 2.45) is 0 Å². The second-order valence-corrected chi connectivity index (χ2v) is 2.24. The number of rotatable bonds is 1. The summed E-state index contributed by atoms with van der Waals surface area (Å²) >= 11 is 3.72. The molecule has 11 heavy (non-hydrogen) atoms. The van der Waals surface area contributed by atoms with Crippen LogP contribution in [0.5, 0.6) is 0 Å². The van der Waals surface area contributed by atoms with Gasteiger partial charge in [0.15, 0.2) is 0 Å². The Morgan fingerprint density at radius 2 is 2.18 bits per heavy atom.